The molecule has 0 aliphatic carbocycles. The number of carbonyl (C=O) groups is 1. The Bertz CT molecular complexity index is 1030. The summed E-state index contributed by atoms with van der Waals surface area (Å²) < 4.78 is 12.0. The first-order chi connectivity index (χ1) is 14.7. The molecule has 152 valence electrons. The maximum absolute atomic E-state index is 13.6. The lowest BCUT2D eigenvalue weighted by Gasteiger charge is -2.36. The minimum Gasteiger partial charge on any atom is -0.474 e. The minimum atomic E-state index is -0.340. The number of piperidine rings is 1. The number of benzene rings is 2. The maximum Gasteiger partial charge on any atom is 0.234 e. The molecule has 0 radical (unpaired) electrons. The number of fused-ring (bicyclic) bond motifs is 2. The van der Waals surface area contributed by atoms with Crippen LogP contribution < -0.4 is 9.47 Å². The van der Waals surface area contributed by atoms with Gasteiger partial charge in [0.15, 0.2) is 0 Å². The van der Waals surface area contributed by atoms with Gasteiger partial charge in [-0.2, -0.15) is 4.98 Å². The van der Waals surface area contributed by atoms with Gasteiger partial charge in [-0.1, -0.05) is 36.4 Å². The molecule has 1 aromatic heterocycles. The van der Waals surface area contributed by atoms with Gasteiger partial charge in [-0.15, -0.1) is 0 Å². The predicted molar refractivity (Wildman–Crippen MR) is 112 cm³/mol. The summed E-state index contributed by atoms with van der Waals surface area (Å²) in [7, 11) is 0. The van der Waals surface area contributed by atoms with Gasteiger partial charge in [-0.3, -0.25) is 4.79 Å². The summed E-state index contributed by atoms with van der Waals surface area (Å²) >= 11 is 0. The fraction of sp³-hybridized carbons (Fsp3) is 0.292. The monoisotopic (exact) mass is 401 g/mol. The highest BCUT2D eigenvalue weighted by Gasteiger charge is 2.36. The lowest BCUT2D eigenvalue weighted by molar-refractivity contribution is -0.133. The SMILES string of the molecule is Cc1nccc(OC2CCN(C(=O)C3c4ccccc4Oc4ccccc43)CC2)n1. The van der Waals surface area contributed by atoms with Gasteiger partial charge in [0.25, 0.3) is 0 Å². The molecule has 0 N–H and O–H groups in total. The lowest BCUT2D eigenvalue weighted by atomic mass is 9.86. The van der Waals surface area contributed by atoms with E-state index >= 15 is 0 Å². The van der Waals surface area contributed by atoms with Crippen molar-refractivity contribution in [3.8, 4) is 17.4 Å². The number of amides is 1. The molecule has 3 heterocycles. The zero-order valence-corrected chi connectivity index (χ0v) is 16.8. The van der Waals surface area contributed by atoms with Crippen molar-refractivity contribution in [3.05, 3.63) is 77.7 Å². The number of hydrogen-bond donors (Lipinski definition) is 0. The number of para-hydroxylation sites is 2. The quantitative estimate of drug-likeness (QED) is 0.661. The summed E-state index contributed by atoms with van der Waals surface area (Å²) in [5.41, 5.74) is 1.85. The van der Waals surface area contributed by atoms with Crippen LogP contribution in [-0.2, 0) is 4.79 Å². The molecule has 2 aliphatic heterocycles. The van der Waals surface area contributed by atoms with Gasteiger partial charge in [0, 0.05) is 49.3 Å². The molecular weight excluding hydrogens is 378 g/mol. The molecule has 0 bridgehead atoms. The van der Waals surface area contributed by atoms with Gasteiger partial charge in [-0.05, 0) is 19.1 Å². The van der Waals surface area contributed by atoms with E-state index in [-0.39, 0.29) is 17.9 Å². The average Bonchev–Trinajstić information content (AvgIpc) is 2.77. The summed E-state index contributed by atoms with van der Waals surface area (Å²) in [6.07, 6.45) is 3.32. The normalized spacial score (nSPS) is 16.4. The molecule has 0 atom stereocenters. The molecule has 2 aliphatic rings. The first kappa shape index (κ1) is 18.6. The Hall–Kier alpha value is -3.41. The van der Waals surface area contributed by atoms with Crippen molar-refractivity contribution in [2.24, 2.45) is 0 Å². The molecule has 6 nitrogen and oxygen atoms in total. The van der Waals surface area contributed by atoms with Crippen molar-refractivity contribution in [3.63, 3.8) is 0 Å². The van der Waals surface area contributed by atoms with Crippen LogP contribution in [0.5, 0.6) is 17.4 Å². The van der Waals surface area contributed by atoms with Crippen LogP contribution in [0, 0.1) is 6.92 Å². The van der Waals surface area contributed by atoms with Crippen LogP contribution in [0.1, 0.15) is 35.7 Å². The number of carbonyl (C=O) groups excluding carboxylic acids is 1. The predicted octanol–water partition coefficient (Wildman–Crippen LogP) is 4.09. The van der Waals surface area contributed by atoms with E-state index in [2.05, 4.69) is 9.97 Å². The van der Waals surface area contributed by atoms with Crippen LogP contribution in [0.25, 0.3) is 0 Å². The number of ether oxygens (including phenoxy) is 2. The van der Waals surface area contributed by atoms with E-state index in [1.165, 1.54) is 0 Å². The van der Waals surface area contributed by atoms with Crippen molar-refractivity contribution in [1.82, 2.24) is 14.9 Å². The summed E-state index contributed by atoms with van der Waals surface area (Å²) in [6.45, 7) is 3.17. The van der Waals surface area contributed by atoms with Crippen molar-refractivity contribution in [1.29, 1.82) is 0 Å². The summed E-state index contributed by atoms with van der Waals surface area (Å²) in [6, 6.07) is 17.4. The Morgan fingerprint density at radius 1 is 1.00 bits per heavy atom. The molecule has 0 saturated carbocycles. The first-order valence-corrected chi connectivity index (χ1v) is 10.3. The van der Waals surface area contributed by atoms with Crippen molar-refractivity contribution < 1.29 is 14.3 Å². The highest BCUT2D eigenvalue weighted by atomic mass is 16.5. The lowest BCUT2D eigenvalue weighted by Crippen LogP contribution is -2.44. The summed E-state index contributed by atoms with van der Waals surface area (Å²) in [5.74, 6) is 2.58. The van der Waals surface area contributed by atoms with Gasteiger partial charge in [0.1, 0.15) is 23.4 Å². The largest absolute Gasteiger partial charge is 0.474 e. The Morgan fingerprint density at radius 3 is 2.27 bits per heavy atom. The minimum absolute atomic E-state index is 0.0533. The number of nitrogens with zero attached hydrogens (tertiary/aromatic N) is 3. The molecule has 0 unspecified atom stereocenters. The van der Waals surface area contributed by atoms with Crippen LogP contribution in [0.4, 0.5) is 0 Å². The van der Waals surface area contributed by atoms with Crippen LogP contribution >= 0.6 is 0 Å². The summed E-state index contributed by atoms with van der Waals surface area (Å²) in [5, 5.41) is 0. The van der Waals surface area contributed by atoms with Crippen LogP contribution in [0.15, 0.2) is 60.8 Å². The van der Waals surface area contributed by atoms with E-state index in [0.29, 0.717) is 24.8 Å². The Labute approximate surface area is 175 Å². The van der Waals surface area contributed by atoms with Gasteiger partial charge in [0.2, 0.25) is 11.8 Å². The topological polar surface area (TPSA) is 64.5 Å². The van der Waals surface area contributed by atoms with E-state index < -0.39 is 0 Å². The molecule has 5 rings (SSSR count). The Morgan fingerprint density at radius 2 is 1.63 bits per heavy atom. The molecule has 2 aromatic carbocycles. The highest BCUT2D eigenvalue weighted by molar-refractivity contribution is 5.89. The third kappa shape index (κ3) is 3.49. The summed E-state index contributed by atoms with van der Waals surface area (Å²) in [4.78, 5) is 24.0. The second-order valence-corrected chi connectivity index (χ2v) is 7.70. The standard InChI is InChI=1S/C24H23N3O3/c1-16-25-13-10-22(26-16)29-17-11-14-27(15-12-17)24(28)23-18-6-2-4-8-20(18)30-21-9-5-3-7-19(21)23/h2-10,13,17,23H,11-12,14-15H2,1H3. The Kier molecular flexibility index (Phi) is 4.83. The smallest absolute Gasteiger partial charge is 0.234 e. The molecule has 1 saturated heterocycles. The second kappa shape index (κ2) is 7.78. The number of aromatic nitrogens is 2. The molecular formula is C24H23N3O3. The van der Waals surface area contributed by atoms with Crippen molar-refractivity contribution >= 4 is 5.91 Å². The first-order valence-electron chi connectivity index (χ1n) is 10.3. The number of rotatable bonds is 3. The van der Waals surface area contributed by atoms with E-state index in [9.17, 15) is 4.79 Å². The van der Waals surface area contributed by atoms with Crippen LogP contribution in [0.2, 0.25) is 0 Å². The fourth-order valence-electron chi connectivity index (χ4n) is 4.22. The Balaban J connectivity index is 1.33. The molecule has 3 aromatic rings. The van der Waals surface area contributed by atoms with E-state index in [1.807, 2.05) is 60.4 Å². The van der Waals surface area contributed by atoms with Gasteiger partial charge in [-0.25, -0.2) is 4.98 Å². The molecule has 30 heavy (non-hydrogen) atoms. The molecule has 1 fully saturated rings. The average molecular weight is 401 g/mol. The van der Waals surface area contributed by atoms with E-state index in [0.717, 1.165) is 35.5 Å². The molecule has 6 heteroatoms. The van der Waals surface area contributed by atoms with Gasteiger partial charge >= 0.3 is 0 Å². The zero-order chi connectivity index (χ0) is 20.5. The third-order valence-electron chi connectivity index (χ3n) is 5.72. The van der Waals surface area contributed by atoms with Crippen LogP contribution in [-0.4, -0.2) is 40.0 Å². The highest BCUT2D eigenvalue weighted by Crippen LogP contribution is 2.44. The molecule has 0 spiro atoms. The van der Waals surface area contributed by atoms with Gasteiger partial charge in [0.05, 0.1) is 5.92 Å². The van der Waals surface area contributed by atoms with Crippen molar-refractivity contribution in [2.45, 2.75) is 31.8 Å². The van der Waals surface area contributed by atoms with Gasteiger partial charge < -0.3 is 14.4 Å². The second-order valence-electron chi connectivity index (χ2n) is 7.70. The number of likely N-dealkylation sites (tertiary alicyclic amines) is 1. The zero-order valence-electron chi connectivity index (χ0n) is 16.8. The maximum atomic E-state index is 13.6. The number of aryl methyl sites for hydroxylation is 1. The molecule has 1 amide bonds. The number of hydrogen-bond acceptors (Lipinski definition) is 5. The fourth-order valence-corrected chi connectivity index (χ4v) is 4.22. The van der Waals surface area contributed by atoms with E-state index in [1.54, 1.807) is 12.3 Å². The van der Waals surface area contributed by atoms with Crippen molar-refractivity contribution in [2.75, 3.05) is 13.1 Å². The van der Waals surface area contributed by atoms with Crippen LogP contribution in [0.3, 0.4) is 0 Å². The van der Waals surface area contributed by atoms with E-state index in [4.69, 9.17) is 9.47 Å². The third-order valence-corrected chi connectivity index (χ3v) is 5.72.